The van der Waals surface area contributed by atoms with E-state index in [0.717, 1.165) is 24.8 Å². The Hall–Kier alpha value is -1.26. The van der Waals surface area contributed by atoms with Crippen molar-refractivity contribution in [2.45, 2.75) is 37.3 Å². The van der Waals surface area contributed by atoms with E-state index in [4.69, 9.17) is 16.3 Å². The Morgan fingerprint density at radius 2 is 2.29 bits per heavy atom. The molecular weight excluding hydrogens is 290 g/mol. The van der Waals surface area contributed by atoms with E-state index in [0.29, 0.717) is 12.2 Å². The van der Waals surface area contributed by atoms with Gasteiger partial charge in [-0.3, -0.25) is 4.79 Å². The molecule has 1 aliphatic carbocycles. The van der Waals surface area contributed by atoms with Crippen molar-refractivity contribution in [1.82, 2.24) is 4.90 Å². The van der Waals surface area contributed by atoms with E-state index in [1.54, 1.807) is 19.1 Å². The molecule has 0 aliphatic heterocycles. The van der Waals surface area contributed by atoms with Crippen LogP contribution in [-0.2, 0) is 10.4 Å². The lowest BCUT2D eigenvalue weighted by Crippen LogP contribution is -2.53. The molecule has 0 spiro atoms. The Balaban J connectivity index is 2.37. The monoisotopic (exact) mass is 311 g/mol. The van der Waals surface area contributed by atoms with Gasteiger partial charge < -0.3 is 14.7 Å². The predicted octanol–water partition coefficient (Wildman–Crippen LogP) is 2.52. The van der Waals surface area contributed by atoms with Gasteiger partial charge in [0.25, 0.3) is 0 Å². The SMILES string of the molecule is COc1cccc(C2(O)CCCCC2N(C)C(=O)CCl)c1. The molecule has 0 aromatic heterocycles. The van der Waals surface area contributed by atoms with Crippen molar-refractivity contribution in [3.8, 4) is 5.75 Å². The molecule has 0 heterocycles. The fourth-order valence-electron chi connectivity index (χ4n) is 3.15. The molecule has 4 nitrogen and oxygen atoms in total. The fraction of sp³-hybridized carbons (Fsp3) is 0.562. The number of amides is 1. The van der Waals surface area contributed by atoms with Crippen LogP contribution in [0, 0.1) is 0 Å². The predicted molar refractivity (Wildman–Crippen MR) is 82.6 cm³/mol. The molecule has 2 rings (SSSR count). The number of carbonyl (C=O) groups excluding carboxylic acids is 1. The Bertz CT molecular complexity index is 508. The maximum Gasteiger partial charge on any atom is 0.237 e. The molecule has 1 fully saturated rings. The van der Waals surface area contributed by atoms with Crippen LogP contribution >= 0.6 is 11.6 Å². The minimum Gasteiger partial charge on any atom is -0.497 e. The highest BCUT2D eigenvalue weighted by Gasteiger charge is 2.43. The molecule has 1 aromatic carbocycles. The topological polar surface area (TPSA) is 49.8 Å². The lowest BCUT2D eigenvalue weighted by Gasteiger charge is -2.44. The second-order valence-corrected chi connectivity index (χ2v) is 5.82. The van der Waals surface area contributed by atoms with Crippen LogP contribution in [0.1, 0.15) is 31.2 Å². The van der Waals surface area contributed by atoms with Gasteiger partial charge in [0.05, 0.1) is 13.2 Å². The van der Waals surface area contributed by atoms with Gasteiger partial charge in [-0.05, 0) is 30.5 Å². The van der Waals surface area contributed by atoms with Crippen LogP contribution < -0.4 is 4.74 Å². The summed E-state index contributed by atoms with van der Waals surface area (Å²) in [7, 11) is 3.32. The van der Waals surface area contributed by atoms with Crippen LogP contribution in [0.4, 0.5) is 0 Å². The number of methoxy groups -OCH3 is 1. The maximum atomic E-state index is 11.9. The van der Waals surface area contributed by atoms with Crippen molar-refractivity contribution in [1.29, 1.82) is 0 Å². The Morgan fingerprint density at radius 1 is 1.52 bits per heavy atom. The smallest absolute Gasteiger partial charge is 0.237 e. The van der Waals surface area contributed by atoms with Crippen molar-refractivity contribution in [2.75, 3.05) is 20.0 Å². The number of rotatable bonds is 4. The summed E-state index contributed by atoms with van der Waals surface area (Å²) in [6, 6.07) is 7.18. The highest BCUT2D eigenvalue weighted by molar-refractivity contribution is 6.27. The summed E-state index contributed by atoms with van der Waals surface area (Å²) < 4.78 is 5.24. The molecule has 2 atom stereocenters. The number of aliphatic hydroxyl groups is 1. The zero-order valence-electron chi connectivity index (χ0n) is 12.5. The van der Waals surface area contributed by atoms with Crippen molar-refractivity contribution in [2.24, 2.45) is 0 Å². The number of nitrogens with zero attached hydrogens (tertiary/aromatic N) is 1. The molecule has 0 bridgehead atoms. The first kappa shape index (κ1) is 16.1. The van der Waals surface area contributed by atoms with Crippen LogP contribution in [0.3, 0.4) is 0 Å². The molecule has 116 valence electrons. The van der Waals surface area contributed by atoms with Crippen molar-refractivity contribution in [3.05, 3.63) is 29.8 Å². The van der Waals surface area contributed by atoms with Gasteiger partial charge in [0.15, 0.2) is 0 Å². The third kappa shape index (κ3) is 3.16. The number of ether oxygens (including phenoxy) is 1. The van der Waals surface area contributed by atoms with E-state index < -0.39 is 5.60 Å². The van der Waals surface area contributed by atoms with E-state index in [1.165, 1.54) is 0 Å². The number of alkyl halides is 1. The van der Waals surface area contributed by atoms with Crippen LogP contribution in [0.5, 0.6) is 5.75 Å². The van der Waals surface area contributed by atoms with Crippen LogP contribution in [0.2, 0.25) is 0 Å². The summed E-state index contributed by atoms with van der Waals surface area (Å²) >= 11 is 5.66. The van der Waals surface area contributed by atoms with Crippen molar-refractivity contribution in [3.63, 3.8) is 0 Å². The molecular formula is C16H22ClNO3. The molecule has 2 unspecified atom stereocenters. The fourth-order valence-corrected chi connectivity index (χ4v) is 3.34. The first-order valence-corrected chi connectivity index (χ1v) is 7.75. The van der Waals surface area contributed by atoms with Gasteiger partial charge in [0, 0.05) is 7.05 Å². The molecule has 1 N–H and O–H groups in total. The summed E-state index contributed by atoms with van der Waals surface area (Å²) in [5, 5.41) is 11.2. The third-order valence-corrected chi connectivity index (χ3v) is 4.61. The first-order chi connectivity index (χ1) is 10.0. The quantitative estimate of drug-likeness (QED) is 0.869. The summed E-state index contributed by atoms with van der Waals surface area (Å²) in [6.07, 6.45) is 3.33. The average molecular weight is 312 g/mol. The number of carbonyl (C=O) groups is 1. The van der Waals surface area contributed by atoms with Crippen molar-refractivity contribution >= 4 is 17.5 Å². The van der Waals surface area contributed by atoms with E-state index >= 15 is 0 Å². The zero-order valence-corrected chi connectivity index (χ0v) is 13.3. The first-order valence-electron chi connectivity index (χ1n) is 7.21. The number of likely N-dealkylation sites (N-methyl/N-ethyl adjacent to an activating group) is 1. The van der Waals surface area contributed by atoms with Crippen LogP contribution in [-0.4, -0.2) is 42.0 Å². The molecule has 5 heteroatoms. The standard InChI is InChI=1S/C16H22ClNO3/c1-18(15(19)11-17)14-8-3-4-9-16(14,20)12-6-5-7-13(10-12)21-2/h5-7,10,14,20H,3-4,8-9,11H2,1-2H3. The van der Waals surface area contributed by atoms with Gasteiger partial charge in [0.2, 0.25) is 5.91 Å². The summed E-state index contributed by atoms with van der Waals surface area (Å²) in [4.78, 5) is 13.5. The highest BCUT2D eigenvalue weighted by Crippen LogP contribution is 2.40. The third-order valence-electron chi connectivity index (χ3n) is 4.38. The molecule has 21 heavy (non-hydrogen) atoms. The van der Waals surface area contributed by atoms with Gasteiger partial charge in [-0.1, -0.05) is 25.0 Å². The van der Waals surface area contributed by atoms with E-state index in [2.05, 4.69) is 0 Å². The normalized spacial score (nSPS) is 25.4. The Kier molecular flexibility index (Phi) is 5.12. The van der Waals surface area contributed by atoms with E-state index in [9.17, 15) is 9.90 Å². The summed E-state index contributed by atoms with van der Waals surface area (Å²) in [5.74, 6) is 0.475. The number of halogens is 1. The number of hydrogen-bond donors (Lipinski definition) is 1. The summed E-state index contributed by atoms with van der Waals surface area (Å²) in [6.45, 7) is 0. The number of benzene rings is 1. The number of hydrogen-bond acceptors (Lipinski definition) is 3. The second-order valence-electron chi connectivity index (χ2n) is 5.56. The van der Waals surface area contributed by atoms with Gasteiger partial charge in [-0.2, -0.15) is 0 Å². The van der Waals surface area contributed by atoms with Gasteiger partial charge >= 0.3 is 0 Å². The summed E-state index contributed by atoms with van der Waals surface area (Å²) in [5.41, 5.74) is -0.260. The van der Waals surface area contributed by atoms with Crippen LogP contribution in [0.25, 0.3) is 0 Å². The minimum absolute atomic E-state index is 0.0683. The van der Waals surface area contributed by atoms with Crippen molar-refractivity contribution < 1.29 is 14.6 Å². The second kappa shape index (κ2) is 6.67. The maximum absolute atomic E-state index is 11.9. The Labute approximate surface area is 130 Å². The molecule has 1 amide bonds. The Morgan fingerprint density at radius 3 is 2.95 bits per heavy atom. The van der Waals surface area contributed by atoms with Gasteiger partial charge in [-0.15, -0.1) is 11.6 Å². The average Bonchev–Trinajstić information content (AvgIpc) is 2.54. The highest BCUT2D eigenvalue weighted by atomic mass is 35.5. The molecule has 0 saturated heterocycles. The molecule has 0 radical (unpaired) electrons. The van der Waals surface area contributed by atoms with E-state index in [-0.39, 0.29) is 17.8 Å². The largest absolute Gasteiger partial charge is 0.497 e. The molecule has 1 aliphatic rings. The zero-order chi connectivity index (χ0) is 15.5. The lowest BCUT2D eigenvalue weighted by molar-refractivity contribution is -0.140. The molecule has 1 saturated carbocycles. The van der Waals surface area contributed by atoms with Gasteiger partial charge in [0.1, 0.15) is 17.2 Å². The van der Waals surface area contributed by atoms with E-state index in [1.807, 2.05) is 24.3 Å². The minimum atomic E-state index is -1.05. The lowest BCUT2D eigenvalue weighted by atomic mass is 9.75. The van der Waals surface area contributed by atoms with Gasteiger partial charge in [-0.25, -0.2) is 0 Å². The van der Waals surface area contributed by atoms with Crippen LogP contribution in [0.15, 0.2) is 24.3 Å². The molecule has 1 aromatic rings.